The van der Waals surface area contributed by atoms with Gasteiger partial charge in [-0.1, -0.05) is 79.2 Å². The number of fused-ring (bicyclic) bond motifs is 3. The zero-order valence-electron chi connectivity index (χ0n) is 25.7. The molecule has 1 N–H and O–H groups in total. The van der Waals surface area contributed by atoms with Crippen molar-refractivity contribution in [1.82, 2.24) is 10.2 Å². The highest BCUT2D eigenvalue weighted by atomic mass is 19.4. The molecule has 0 aromatic heterocycles. The Balaban J connectivity index is 1.09. The molecule has 10 heteroatoms. The lowest BCUT2D eigenvalue weighted by Crippen LogP contribution is -2.47. The number of rotatable bonds is 9. The molecule has 1 aliphatic carbocycles. The van der Waals surface area contributed by atoms with Crippen LogP contribution in [-0.2, 0) is 16.4 Å². The van der Waals surface area contributed by atoms with E-state index in [4.69, 9.17) is 0 Å². The van der Waals surface area contributed by atoms with Crippen LogP contribution in [0.4, 0.5) is 32.0 Å². The lowest BCUT2D eigenvalue weighted by atomic mass is 9.73. The van der Waals surface area contributed by atoms with Crippen molar-refractivity contribution in [3.05, 3.63) is 114 Å². The topological polar surface area (TPSA) is 35.6 Å². The summed E-state index contributed by atoms with van der Waals surface area (Å²) in [5.41, 5.74) is 3.52. The zero-order chi connectivity index (χ0) is 33.2. The fraction of sp³-hybridized carbons (Fsp3) is 0.324. The Morgan fingerprint density at radius 3 is 1.91 bits per heavy atom. The Labute approximate surface area is 270 Å². The van der Waals surface area contributed by atoms with Gasteiger partial charge in [-0.2, -0.15) is 26.3 Å². The number of benzene rings is 4. The molecule has 1 aliphatic heterocycles. The van der Waals surface area contributed by atoms with Crippen molar-refractivity contribution in [2.24, 2.45) is 0 Å². The van der Waals surface area contributed by atoms with Gasteiger partial charge in [0.05, 0.1) is 5.56 Å². The van der Waals surface area contributed by atoms with Gasteiger partial charge >= 0.3 is 12.4 Å². The molecular formula is C37H35F6N3O. The molecule has 1 saturated heterocycles. The summed E-state index contributed by atoms with van der Waals surface area (Å²) in [4.78, 5) is 18.3. The number of alkyl halides is 6. The molecule has 47 heavy (non-hydrogen) atoms. The second kappa shape index (κ2) is 13.1. The average Bonchev–Trinajstić information content (AvgIpc) is 3.36. The second-order valence-corrected chi connectivity index (χ2v) is 12.2. The van der Waals surface area contributed by atoms with E-state index in [1.165, 1.54) is 12.1 Å². The zero-order valence-corrected chi connectivity index (χ0v) is 25.7. The van der Waals surface area contributed by atoms with Crippen molar-refractivity contribution >= 4 is 11.6 Å². The van der Waals surface area contributed by atoms with Gasteiger partial charge < -0.3 is 10.2 Å². The Bertz CT molecular complexity index is 1680. The molecule has 0 radical (unpaired) electrons. The second-order valence-electron chi connectivity index (χ2n) is 12.2. The molecule has 246 valence electrons. The minimum absolute atomic E-state index is 0.382. The van der Waals surface area contributed by atoms with E-state index in [1.807, 2.05) is 72.8 Å². The molecule has 4 aromatic carbocycles. The van der Waals surface area contributed by atoms with Gasteiger partial charge in [-0.05, 0) is 77.0 Å². The van der Waals surface area contributed by atoms with Crippen LogP contribution in [0.25, 0.3) is 22.3 Å². The summed E-state index contributed by atoms with van der Waals surface area (Å²) in [7, 11) is 0. The quantitative estimate of drug-likeness (QED) is 0.146. The molecule has 1 amide bonds. The summed E-state index contributed by atoms with van der Waals surface area (Å²) in [5.74, 6) is -0.631. The maximum Gasteiger partial charge on any atom is 0.416 e. The standard InChI is InChI=1S/C37H35F6N3O/c38-36(39,40)25-44-34(47)35(32-15-3-1-13-30(32)31-14-2-4-16-33(31)35)17-5-6-18-45-19-21-46(22-20-45)29-12-8-10-27(24-29)26-9-7-11-28(23-26)37(41,42)43/h1-4,7-16,23-24H,5-6,17-22,25H2,(H,44,47). The Hall–Kier alpha value is -4.31. The van der Waals surface area contributed by atoms with E-state index < -0.39 is 35.8 Å². The maximum atomic E-state index is 13.7. The first-order valence-electron chi connectivity index (χ1n) is 15.8. The first-order chi connectivity index (χ1) is 22.5. The SMILES string of the molecule is O=C(NCC(F)(F)F)C1(CCCCN2CCN(c3cccc(-c4cccc(C(F)(F)F)c4)c3)CC2)c2ccccc2-c2ccccc21. The summed E-state index contributed by atoms with van der Waals surface area (Å²) >= 11 is 0. The molecule has 0 spiro atoms. The van der Waals surface area contributed by atoms with Gasteiger partial charge in [0, 0.05) is 31.9 Å². The number of unbranched alkanes of at least 4 members (excludes halogenated alkanes) is 1. The van der Waals surface area contributed by atoms with Gasteiger partial charge in [-0.15, -0.1) is 0 Å². The Morgan fingerprint density at radius 1 is 0.702 bits per heavy atom. The van der Waals surface area contributed by atoms with Crippen LogP contribution in [0, 0.1) is 0 Å². The highest BCUT2D eigenvalue weighted by molar-refractivity contribution is 6.00. The molecule has 6 rings (SSSR count). The van der Waals surface area contributed by atoms with Crippen LogP contribution in [0.1, 0.15) is 36.0 Å². The van der Waals surface area contributed by atoms with Gasteiger partial charge in [-0.3, -0.25) is 9.69 Å². The van der Waals surface area contributed by atoms with Crippen molar-refractivity contribution < 1.29 is 31.1 Å². The predicted molar refractivity (Wildman–Crippen MR) is 171 cm³/mol. The molecule has 0 unspecified atom stereocenters. The molecule has 0 bridgehead atoms. The highest BCUT2D eigenvalue weighted by Gasteiger charge is 2.49. The van der Waals surface area contributed by atoms with E-state index >= 15 is 0 Å². The first kappa shape index (κ1) is 32.6. The molecule has 1 heterocycles. The smallest absolute Gasteiger partial charge is 0.369 e. The average molecular weight is 652 g/mol. The van der Waals surface area contributed by atoms with Gasteiger partial charge in [0.2, 0.25) is 5.91 Å². The van der Waals surface area contributed by atoms with Crippen molar-refractivity contribution in [2.45, 2.75) is 37.0 Å². The fourth-order valence-electron chi connectivity index (χ4n) is 7.00. The first-order valence-corrected chi connectivity index (χ1v) is 15.8. The lowest BCUT2D eigenvalue weighted by molar-refractivity contribution is -0.141. The molecule has 0 saturated carbocycles. The number of carbonyl (C=O) groups is 1. The van der Waals surface area contributed by atoms with Gasteiger partial charge in [0.25, 0.3) is 0 Å². The van der Waals surface area contributed by atoms with E-state index in [-0.39, 0.29) is 0 Å². The molecule has 2 aliphatic rings. The fourth-order valence-corrected chi connectivity index (χ4v) is 7.00. The number of carbonyl (C=O) groups excluding carboxylic acids is 1. The third-order valence-corrected chi connectivity index (χ3v) is 9.28. The maximum absolute atomic E-state index is 13.7. The van der Waals surface area contributed by atoms with Crippen LogP contribution in [0.2, 0.25) is 0 Å². The van der Waals surface area contributed by atoms with E-state index in [1.54, 1.807) is 6.07 Å². The summed E-state index contributed by atoms with van der Waals surface area (Å²) in [6.07, 6.45) is -7.13. The normalized spacial score (nSPS) is 16.1. The highest BCUT2D eigenvalue weighted by Crippen LogP contribution is 2.51. The Morgan fingerprint density at radius 2 is 1.30 bits per heavy atom. The number of anilines is 1. The molecule has 4 nitrogen and oxygen atoms in total. The minimum atomic E-state index is -4.52. The van der Waals surface area contributed by atoms with Gasteiger partial charge in [0.15, 0.2) is 0 Å². The number of hydrogen-bond donors (Lipinski definition) is 1. The summed E-state index contributed by atoms with van der Waals surface area (Å²) in [5, 5.41) is 2.19. The number of hydrogen-bond acceptors (Lipinski definition) is 3. The van der Waals surface area contributed by atoms with Crippen LogP contribution < -0.4 is 10.2 Å². The number of piperazine rings is 1. The minimum Gasteiger partial charge on any atom is -0.369 e. The largest absolute Gasteiger partial charge is 0.416 e. The van der Waals surface area contributed by atoms with Crippen LogP contribution >= 0.6 is 0 Å². The third-order valence-electron chi connectivity index (χ3n) is 9.28. The molecule has 0 atom stereocenters. The number of nitrogens with zero attached hydrogens (tertiary/aromatic N) is 2. The van der Waals surface area contributed by atoms with E-state index in [2.05, 4.69) is 15.1 Å². The Kier molecular flexibility index (Phi) is 9.07. The van der Waals surface area contributed by atoms with Crippen LogP contribution in [0.5, 0.6) is 0 Å². The molecule has 1 fully saturated rings. The molecule has 4 aromatic rings. The lowest BCUT2D eigenvalue weighted by Gasteiger charge is -2.36. The number of halogens is 6. The van der Waals surface area contributed by atoms with Crippen molar-refractivity contribution in [3.8, 4) is 22.3 Å². The van der Waals surface area contributed by atoms with E-state index in [0.29, 0.717) is 18.4 Å². The van der Waals surface area contributed by atoms with E-state index in [0.717, 1.165) is 78.7 Å². The van der Waals surface area contributed by atoms with Gasteiger partial charge in [-0.25, -0.2) is 0 Å². The summed E-state index contributed by atoms with van der Waals surface area (Å²) in [6, 6.07) is 27.8. The predicted octanol–water partition coefficient (Wildman–Crippen LogP) is 8.31. The van der Waals surface area contributed by atoms with Crippen LogP contribution in [0.3, 0.4) is 0 Å². The van der Waals surface area contributed by atoms with Crippen molar-refractivity contribution in [2.75, 3.05) is 44.2 Å². The number of nitrogens with one attached hydrogen (secondary N) is 1. The molecular weight excluding hydrogens is 616 g/mol. The van der Waals surface area contributed by atoms with Crippen LogP contribution in [0.15, 0.2) is 97.1 Å². The van der Waals surface area contributed by atoms with E-state index in [9.17, 15) is 31.1 Å². The third kappa shape index (κ3) is 6.88. The van der Waals surface area contributed by atoms with Crippen molar-refractivity contribution in [3.63, 3.8) is 0 Å². The number of amides is 1. The van der Waals surface area contributed by atoms with Crippen LogP contribution in [-0.4, -0.2) is 56.3 Å². The van der Waals surface area contributed by atoms with Crippen molar-refractivity contribution in [1.29, 1.82) is 0 Å². The summed E-state index contributed by atoms with van der Waals surface area (Å²) < 4.78 is 79.2. The van der Waals surface area contributed by atoms with Gasteiger partial charge in [0.1, 0.15) is 12.0 Å². The summed E-state index contributed by atoms with van der Waals surface area (Å²) in [6.45, 7) is 2.47. The monoisotopic (exact) mass is 651 g/mol.